The first kappa shape index (κ1) is 12.0. The Kier molecular flexibility index (Phi) is 3.18. The third kappa shape index (κ3) is 2.13. The monoisotopic (exact) mass is 247 g/mol. The number of carbonyl (C=O) groups excluding carboxylic acids is 1. The van der Waals surface area contributed by atoms with Gasteiger partial charge in [0.15, 0.2) is 5.84 Å². The Labute approximate surface area is 103 Å². The second kappa shape index (κ2) is 4.79. The Morgan fingerprint density at radius 1 is 1.50 bits per heavy atom. The standard InChI is InChI=1S/C12H13N3O3/c1-7(11(13)15-17)14-12(16)9-6-18-10-5-3-2-4-8(9)10/h2-7,17H,1H3,(H2,13,15)(H,14,16). The molecule has 0 aliphatic rings. The van der Waals surface area contributed by atoms with Crippen molar-refractivity contribution >= 4 is 22.7 Å². The molecule has 1 unspecified atom stereocenters. The summed E-state index contributed by atoms with van der Waals surface area (Å²) in [6.45, 7) is 1.62. The molecule has 2 rings (SSSR count). The summed E-state index contributed by atoms with van der Waals surface area (Å²) in [6, 6.07) is 6.66. The fraction of sp³-hybridized carbons (Fsp3) is 0.167. The van der Waals surface area contributed by atoms with Gasteiger partial charge in [-0.1, -0.05) is 23.4 Å². The molecule has 6 nitrogen and oxygen atoms in total. The average molecular weight is 247 g/mol. The van der Waals surface area contributed by atoms with E-state index >= 15 is 0 Å². The van der Waals surface area contributed by atoms with E-state index in [1.165, 1.54) is 6.26 Å². The number of carbonyl (C=O) groups is 1. The lowest BCUT2D eigenvalue weighted by Crippen LogP contribution is -2.42. The van der Waals surface area contributed by atoms with Crippen LogP contribution >= 0.6 is 0 Å². The molecule has 0 spiro atoms. The smallest absolute Gasteiger partial charge is 0.255 e. The Bertz CT molecular complexity index is 603. The van der Waals surface area contributed by atoms with Crippen molar-refractivity contribution in [1.82, 2.24) is 5.32 Å². The van der Waals surface area contributed by atoms with Crippen LogP contribution in [0.25, 0.3) is 11.0 Å². The highest BCUT2D eigenvalue weighted by molar-refractivity contribution is 6.07. The Balaban J connectivity index is 2.24. The van der Waals surface area contributed by atoms with Gasteiger partial charge in [0.05, 0.1) is 11.6 Å². The van der Waals surface area contributed by atoms with Crippen LogP contribution in [0.15, 0.2) is 40.1 Å². The highest BCUT2D eigenvalue weighted by Gasteiger charge is 2.17. The van der Waals surface area contributed by atoms with Gasteiger partial charge in [-0.05, 0) is 13.0 Å². The van der Waals surface area contributed by atoms with Crippen LogP contribution in [0.1, 0.15) is 17.3 Å². The molecule has 1 amide bonds. The number of oxime groups is 1. The fourth-order valence-corrected chi connectivity index (χ4v) is 1.59. The number of hydrogen-bond acceptors (Lipinski definition) is 4. The second-order valence-electron chi connectivity index (χ2n) is 3.87. The second-order valence-corrected chi connectivity index (χ2v) is 3.87. The lowest BCUT2D eigenvalue weighted by atomic mass is 10.1. The minimum absolute atomic E-state index is 0.0591. The van der Waals surface area contributed by atoms with Crippen molar-refractivity contribution in [3.8, 4) is 0 Å². The van der Waals surface area contributed by atoms with E-state index in [9.17, 15) is 4.79 Å². The molecule has 1 heterocycles. The predicted octanol–water partition coefficient (Wildman–Crippen LogP) is 1.30. The third-order valence-corrected chi connectivity index (χ3v) is 2.63. The number of fused-ring (bicyclic) bond motifs is 1. The maximum Gasteiger partial charge on any atom is 0.255 e. The highest BCUT2D eigenvalue weighted by atomic mass is 16.4. The molecule has 4 N–H and O–H groups in total. The Morgan fingerprint density at radius 3 is 2.94 bits per heavy atom. The number of nitrogens with two attached hydrogens (primary N) is 1. The topological polar surface area (TPSA) is 101 Å². The van der Waals surface area contributed by atoms with E-state index < -0.39 is 6.04 Å². The molecule has 1 atom stereocenters. The van der Waals surface area contributed by atoms with Crippen molar-refractivity contribution in [3.05, 3.63) is 36.1 Å². The summed E-state index contributed by atoms with van der Waals surface area (Å²) in [5.41, 5.74) is 6.45. The van der Waals surface area contributed by atoms with Crippen molar-refractivity contribution in [2.75, 3.05) is 0 Å². The molecule has 94 valence electrons. The summed E-state index contributed by atoms with van der Waals surface area (Å²) in [6.07, 6.45) is 1.39. The SMILES string of the molecule is CC(NC(=O)c1coc2ccccc12)C(N)=NO. The number of hydrogen-bond donors (Lipinski definition) is 3. The molecule has 0 fully saturated rings. The number of amidine groups is 1. The van der Waals surface area contributed by atoms with Crippen LogP contribution in [0.3, 0.4) is 0 Å². The largest absolute Gasteiger partial charge is 0.463 e. The van der Waals surface area contributed by atoms with Crippen molar-refractivity contribution in [1.29, 1.82) is 0 Å². The van der Waals surface area contributed by atoms with Crippen LogP contribution in [0.5, 0.6) is 0 Å². The molecule has 0 saturated heterocycles. The summed E-state index contributed by atoms with van der Waals surface area (Å²) >= 11 is 0. The number of furan rings is 1. The number of rotatable bonds is 3. The van der Waals surface area contributed by atoms with E-state index in [4.69, 9.17) is 15.4 Å². The lowest BCUT2D eigenvalue weighted by molar-refractivity contribution is 0.0949. The molecular formula is C12H13N3O3. The van der Waals surface area contributed by atoms with E-state index in [2.05, 4.69) is 10.5 Å². The molecule has 2 aromatic rings. The van der Waals surface area contributed by atoms with Crippen LogP contribution in [-0.2, 0) is 0 Å². The lowest BCUT2D eigenvalue weighted by Gasteiger charge is -2.11. The summed E-state index contributed by atoms with van der Waals surface area (Å²) in [7, 11) is 0. The number of nitrogens with zero attached hydrogens (tertiary/aromatic N) is 1. The van der Waals surface area contributed by atoms with Gasteiger partial charge in [-0.15, -0.1) is 0 Å². The van der Waals surface area contributed by atoms with Gasteiger partial charge in [0, 0.05) is 5.39 Å². The molecule has 0 aliphatic carbocycles. The summed E-state index contributed by atoms with van der Waals surface area (Å²) < 4.78 is 5.27. The van der Waals surface area contributed by atoms with Gasteiger partial charge in [0.25, 0.3) is 5.91 Å². The van der Waals surface area contributed by atoms with Crippen LogP contribution in [0.4, 0.5) is 0 Å². The zero-order chi connectivity index (χ0) is 13.1. The van der Waals surface area contributed by atoms with Gasteiger partial charge < -0.3 is 20.7 Å². The van der Waals surface area contributed by atoms with Crippen LogP contribution in [0.2, 0.25) is 0 Å². The predicted molar refractivity (Wildman–Crippen MR) is 66.6 cm³/mol. The molecule has 1 aromatic heterocycles. The normalized spacial score (nSPS) is 13.5. The molecule has 0 saturated carbocycles. The van der Waals surface area contributed by atoms with Gasteiger partial charge in [-0.25, -0.2) is 0 Å². The zero-order valence-electron chi connectivity index (χ0n) is 9.75. The minimum Gasteiger partial charge on any atom is -0.463 e. The average Bonchev–Trinajstić information content (AvgIpc) is 2.81. The van der Waals surface area contributed by atoms with Crippen molar-refractivity contribution in [3.63, 3.8) is 0 Å². The first-order valence-corrected chi connectivity index (χ1v) is 5.38. The third-order valence-electron chi connectivity index (χ3n) is 2.63. The minimum atomic E-state index is -0.559. The quantitative estimate of drug-likeness (QED) is 0.329. The van der Waals surface area contributed by atoms with Crippen LogP contribution in [-0.4, -0.2) is 23.0 Å². The maximum atomic E-state index is 12.0. The van der Waals surface area contributed by atoms with Crippen molar-refractivity contribution in [2.45, 2.75) is 13.0 Å². The van der Waals surface area contributed by atoms with E-state index in [0.29, 0.717) is 11.1 Å². The first-order valence-electron chi connectivity index (χ1n) is 5.38. The van der Waals surface area contributed by atoms with Gasteiger partial charge in [-0.3, -0.25) is 4.79 Å². The molecule has 18 heavy (non-hydrogen) atoms. The van der Waals surface area contributed by atoms with E-state index in [-0.39, 0.29) is 11.7 Å². The Morgan fingerprint density at radius 2 is 2.22 bits per heavy atom. The van der Waals surface area contributed by atoms with Gasteiger partial charge in [0.1, 0.15) is 11.8 Å². The van der Waals surface area contributed by atoms with Gasteiger partial charge >= 0.3 is 0 Å². The number of para-hydroxylation sites is 1. The number of amides is 1. The summed E-state index contributed by atoms with van der Waals surface area (Å²) in [4.78, 5) is 12.0. The zero-order valence-corrected chi connectivity index (χ0v) is 9.75. The van der Waals surface area contributed by atoms with Crippen LogP contribution in [0, 0.1) is 0 Å². The first-order chi connectivity index (χ1) is 8.63. The van der Waals surface area contributed by atoms with E-state index in [1.807, 2.05) is 12.1 Å². The van der Waals surface area contributed by atoms with Gasteiger partial charge in [0.2, 0.25) is 0 Å². The van der Waals surface area contributed by atoms with Gasteiger partial charge in [-0.2, -0.15) is 0 Å². The molecule has 0 bridgehead atoms. The van der Waals surface area contributed by atoms with Crippen LogP contribution < -0.4 is 11.1 Å². The summed E-state index contributed by atoms with van der Waals surface area (Å²) in [5, 5.41) is 14.7. The molecular weight excluding hydrogens is 234 g/mol. The summed E-state index contributed by atoms with van der Waals surface area (Å²) in [5.74, 6) is -0.393. The van der Waals surface area contributed by atoms with E-state index in [0.717, 1.165) is 5.39 Å². The number of nitrogens with one attached hydrogen (secondary N) is 1. The molecule has 6 heteroatoms. The van der Waals surface area contributed by atoms with Crippen molar-refractivity contribution in [2.24, 2.45) is 10.9 Å². The van der Waals surface area contributed by atoms with E-state index in [1.54, 1.807) is 19.1 Å². The molecule has 1 aromatic carbocycles. The number of benzene rings is 1. The van der Waals surface area contributed by atoms with Crippen molar-refractivity contribution < 1.29 is 14.4 Å². The Hall–Kier alpha value is -2.50. The highest BCUT2D eigenvalue weighted by Crippen LogP contribution is 2.20. The fourth-order valence-electron chi connectivity index (χ4n) is 1.59. The molecule has 0 radical (unpaired) electrons. The maximum absolute atomic E-state index is 12.0. The molecule has 0 aliphatic heterocycles.